The van der Waals surface area contributed by atoms with Crippen molar-refractivity contribution in [2.45, 2.75) is 31.8 Å². The minimum atomic E-state index is -0.317. The van der Waals surface area contributed by atoms with Gasteiger partial charge in [0.1, 0.15) is 0 Å². The molecular weight excluding hydrogens is 286 g/mol. The van der Waals surface area contributed by atoms with Crippen LogP contribution in [0.25, 0.3) is 0 Å². The number of amides is 1. The number of nitrogens with two attached hydrogens (primary N) is 1. The highest BCUT2D eigenvalue weighted by molar-refractivity contribution is 8.13. The van der Waals surface area contributed by atoms with Gasteiger partial charge in [0.05, 0.1) is 12.1 Å². The number of hydrogen-bond donors (Lipinski definition) is 3. The SMILES string of the molecule is CC(CO)NC(=O)c1ccc(C2(C)CCSC(N)=N2)cc1. The topological polar surface area (TPSA) is 87.7 Å². The first kappa shape index (κ1) is 15.9. The van der Waals surface area contributed by atoms with Crippen LogP contribution < -0.4 is 11.1 Å². The van der Waals surface area contributed by atoms with Gasteiger partial charge < -0.3 is 16.2 Å². The molecule has 2 unspecified atom stereocenters. The van der Waals surface area contributed by atoms with E-state index in [1.54, 1.807) is 30.8 Å². The van der Waals surface area contributed by atoms with Crippen LogP contribution in [-0.2, 0) is 5.54 Å². The van der Waals surface area contributed by atoms with Crippen LogP contribution in [0, 0.1) is 0 Å². The molecule has 0 spiro atoms. The standard InChI is InChI=1S/C15H21N3O2S/c1-10(9-19)17-13(20)11-3-5-12(6-4-11)15(2)7-8-21-14(16)18-15/h3-6,10,19H,7-9H2,1-2H3,(H2,16,18)(H,17,20). The lowest BCUT2D eigenvalue weighted by Gasteiger charge is -2.29. The highest BCUT2D eigenvalue weighted by Gasteiger charge is 2.29. The molecule has 2 rings (SSSR count). The molecule has 1 aliphatic heterocycles. The van der Waals surface area contributed by atoms with Crippen LogP contribution in [0.4, 0.5) is 0 Å². The number of aliphatic hydroxyl groups is 1. The Kier molecular flexibility index (Phi) is 4.90. The van der Waals surface area contributed by atoms with Gasteiger partial charge in [-0.3, -0.25) is 9.79 Å². The van der Waals surface area contributed by atoms with Crippen LogP contribution in [0.3, 0.4) is 0 Å². The number of carbonyl (C=O) groups excluding carboxylic acids is 1. The van der Waals surface area contributed by atoms with Crippen molar-refractivity contribution in [1.82, 2.24) is 5.32 Å². The van der Waals surface area contributed by atoms with E-state index < -0.39 is 0 Å². The second-order valence-electron chi connectivity index (χ2n) is 5.46. The summed E-state index contributed by atoms with van der Waals surface area (Å²) in [6.45, 7) is 3.74. The zero-order chi connectivity index (χ0) is 15.5. The number of carbonyl (C=O) groups is 1. The fraction of sp³-hybridized carbons (Fsp3) is 0.467. The summed E-state index contributed by atoms with van der Waals surface area (Å²) in [6, 6.07) is 7.16. The highest BCUT2D eigenvalue weighted by atomic mass is 32.2. The van der Waals surface area contributed by atoms with E-state index in [9.17, 15) is 4.79 Å². The lowest BCUT2D eigenvalue weighted by atomic mass is 9.89. The predicted octanol–water partition coefficient (Wildman–Crippen LogP) is 1.46. The quantitative estimate of drug-likeness (QED) is 0.786. The Morgan fingerprint density at radius 2 is 2.19 bits per heavy atom. The molecule has 6 heteroatoms. The summed E-state index contributed by atoms with van der Waals surface area (Å²) in [5, 5.41) is 12.3. The van der Waals surface area contributed by atoms with E-state index in [0.717, 1.165) is 17.7 Å². The summed E-state index contributed by atoms with van der Waals surface area (Å²) in [4.78, 5) is 16.5. The number of thioether (sulfide) groups is 1. The smallest absolute Gasteiger partial charge is 0.251 e. The van der Waals surface area contributed by atoms with Crippen molar-refractivity contribution in [3.05, 3.63) is 35.4 Å². The minimum absolute atomic E-state index is 0.0758. The first-order valence-electron chi connectivity index (χ1n) is 6.95. The largest absolute Gasteiger partial charge is 0.394 e. The van der Waals surface area contributed by atoms with Crippen LogP contribution in [0.1, 0.15) is 36.2 Å². The number of amidine groups is 1. The number of aliphatic hydroxyl groups excluding tert-OH is 1. The zero-order valence-corrected chi connectivity index (χ0v) is 13.1. The fourth-order valence-corrected chi connectivity index (χ4v) is 3.20. The Morgan fingerprint density at radius 3 is 2.76 bits per heavy atom. The monoisotopic (exact) mass is 307 g/mol. The van der Waals surface area contributed by atoms with Gasteiger partial charge in [-0.05, 0) is 38.0 Å². The minimum Gasteiger partial charge on any atom is -0.394 e. The van der Waals surface area contributed by atoms with Crippen molar-refractivity contribution < 1.29 is 9.90 Å². The van der Waals surface area contributed by atoms with Crippen LogP contribution in [-0.4, -0.2) is 34.6 Å². The summed E-state index contributed by atoms with van der Waals surface area (Å²) >= 11 is 1.57. The van der Waals surface area contributed by atoms with E-state index in [1.165, 1.54) is 0 Å². The number of hydrogen-bond acceptors (Lipinski definition) is 5. The number of benzene rings is 1. The first-order valence-corrected chi connectivity index (χ1v) is 7.93. The zero-order valence-electron chi connectivity index (χ0n) is 12.3. The number of nitrogens with one attached hydrogen (secondary N) is 1. The van der Waals surface area contributed by atoms with E-state index in [2.05, 4.69) is 17.2 Å². The van der Waals surface area contributed by atoms with E-state index >= 15 is 0 Å². The van der Waals surface area contributed by atoms with Gasteiger partial charge in [0, 0.05) is 17.4 Å². The lowest BCUT2D eigenvalue weighted by Crippen LogP contribution is -2.35. The molecule has 114 valence electrons. The highest BCUT2D eigenvalue weighted by Crippen LogP contribution is 2.34. The van der Waals surface area contributed by atoms with Gasteiger partial charge in [0.25, 0.3) is 5.91 Å². The Balaban J connectivity index is 2.15. The molecule has 1 heterocycles. The average molecular weight is 307 g/mol. The number of rotatable bonds is 4. The van der Waals surface area contributed by atoms with Crippen molar-refractivity contribution in [1.29, 1.82) is 0 Å². The third kappa shape index (κ3) is 3.77. The fourth-order valence-electron chi connectivity index (χ4n) is 2.23. The van der Waals surface area contributed by atoms with Crippen molar-refractivity contribution in [3.8, 4) is 0 Å². The normalized spacial score (nSPS) is 23.3. The van der Waals surface area contributed by atoms with Crippen LogP contribution in [0.5, 0.6) is 0 Å². The molecule has 0 aromatic heterocycles. The molecule has 4 N–H and O–H groups in total. The Bertz CT molecular complexity index is 544. The summed E-state index contributed by atoms with van der Waals surface area (Å²) in [7, 11) is 0. The average Bonchev–Trinajstić information content (AvgIpc) is 2.47. The summed E-state index contributed by atoms with van der Waals surface area (Å²) in [6.07, 6.45) is 0.922. The van der Waals surface area contributed by atoms with Crippen molar-refractivity contribution in [3.63, 3.8) is 0 Å². The van der Waals surface area contributed by atoms with Crippen molar-refractivity contribution >= 4 is 22.8 Å². The van der Waals surface area contributed by atoms with E-state index in [4.69, 9.17) is 10.8 Å². The summed E-state index contributed by atoms with van der Waals surface area (Å²) in [5.74, 6) is 0.762. The first-order chi connectivity index (χ1) is 9.94. The Labute approximate surface area is 129 Å². The van der Waals surface area contributed by atoms with Crippen molar-refractivity contribution in [2.24, 2.45) is 10.7 Å². The molecule has 5 nitrogen and oxygen atoms in total. The molecular formula is C15H21N3O2S. The molecule has 0 bridgehead atoms. The third-order valence-electron chi connectivity index (χ3n) is 3.62. The predicted molar refractivity (Wildman–Crippen MR) is 86.5 cm³/mol. The van der Waals surface area contributed by atoms with Gasteiger partial charge in [0.2, 0.25) is 0 Å². The molecule has 1 amide bonds. The van der Waals surface area contributed by atoms with E-state index in [1.807, 2.05) is 12.1 Å². The summed E-state index contributed by atoms with van der Waals surface area (Å²) in [5.41, 5.74) is 7.13. The molecule has 0 radical (unpaired) electrons. The van der Waals surface area contributed by atoms with Crippen LogP contribution >= 0.6 is 11.8 Å². The maximum atomic E-state index is 12.0. The molecule has 0 saturated carbocycles. The maximum absolute atomic E-state index is 12.0. The number of nitrogens with zero attached hydrogens (tertiary/aromatic N) is 1. The molecule has 1 aromatic carbocycles. The van der Waals surface area contributed by atoms with Crippen LogP contribution in [0.15, 0.2) is 29.3 Å². The van der Waals surface area contributed by atoms with Gasteiger partial charge in [-0.25, -0.2) is 0 Å². The van der Waals surface area contributed by atoms with Crippen molar-refractivity contribution in [2.75, 3.05) is 12.4 Å². The van der Waals surface area contributed by atoms with E-state index in [0.29, 0.717) is 10.7 Å². The van der Waals surface area contributed by atoms with Gasteiger partial charge in [0.15, 0.2) is 5.17 Å². The second kappa shape index (κ2) is 6.49. The molecule has 2 atom stereocenters. The Morgan fingerprint density at radius 1 is 1.52 bits per heavy atom. The van der Waals surface area contributed by atoms with Gasteiger partial charge in [-0.2, -0.15) is 0 Å². The van der Waals surface area contributed by atoms with E-state index in [-0.39, 0.29) is 24.1 Å². The van der Waals surface area contributed by atoms with Gasteiger partial charge in [-0.15, -0.1) is 0 Å². The molecule has 0 fully saturated rings. The molecule has 21 heavy (non-hydrogen) atoms. The summed E-state index contributed by atoms with van der Waals surface area (Å²) < 4.78 is 0. The van der Waals surface area contributed by atoms with Gasteiger partial charge in [-0.1, -0.05) is 23.9 Å². The lowest BCUT2D eigenvalue weighted by molar-refractivity contribution is 0.0922. The van der Waals surface area contributed by atoms with Crippen LogP contribution in [0.2, 0.25) is 0 Å². The number of aliphatic imine (C=N–C) groups is 1. The molecule has 1 aromatic rings. The molecule has 0 aliphatic carbocycles. The van der Waals surface area contributed by atoms with Gasteiger partial charge >= 0.3 is 0 Å². The maximum Gasteiger partial charge on any atom is 0.251 e. The molecule has 1 aliphatic rings. The second-order valence-corrected chi connectivity index (χ2v) is 6.57. The Hall–Kier alpha value is -1.53. The third-order valence-corrected chi connectivity index (χ3v) is 4.41. The molecule has 0 saturated heterocycles.